The number of carbonyl (C=O) groups excluding carboxylic acids is 1. The quantitative estimate of drug-likeness (QED) is 0.811. The SMILES string of the molecule is COc1ccc(NC(C)=O)c(OC[C@@]2(C)CO2)c1. The van der Waals surface area contributed by atoms with E-state index in [2.05, 4.69) is 5.32 Å². The fraction of sp³-hybridized carbons (Fsp3) is 0.462. The second-order valence-electron chi connectivity index (χ2n) is 4.57. The topological polar surface area (TPSA) is 60.1 Å². The van der Waals surface area contributed by atoms with Gasteiger partial charge >= 0.3 is 0 Å². The van der Waals surface area contributed by atoms with Gasteiger partial charge in [0.15, 0.2) is 0 Å². The van der Waals surface area contributed by atoms with E-state index in [1.54, 1.807) is 25.3 Å². The van der Waals surface area contributed by atoms with E-state index in [4.69, 9.17) is 14.2 Å². The Bertz CT molecular complexity index is 454. The van der Waals surface area contributed by atoms with Crippen LogP contribution in [0.25, 0.3) is 0 Å². The summed E-state index contributed by atoms with van der Waals surface area (Å²) in [5.74, 6) is 1.13. The van der Waals surface area contributed by atoms with Gasteiger partial charge in [0.1, 0.15) is 23.7 Å². The maximum absolute atomic E-state index is 11.1. The van der Waals surface area contributed by atoms with Crippen molar-refractivity contribution < 1.29 is 19.0 Å². The Morgan fingerprint density at radius 2 is 2.28 bits per heavy atom. The van der Waals surface area contributed by atoms with Crippen LogP contribution in [0.3, 0.4) is 0 Å². The van der Waals surface area contributed by atoms with Crippen LogP contribution in [0.2, 0.25) is 0 Å². The van der Waals surface area contributed by atoms with Crippen molar-refractivity contribution in [2.75, 3.05) is 25.6 Å². The summed E-state index contributed by atoms with van der Waals surface area (Å²) >= 11 is 0. The summed E-state index contributed by atoms with van der Waals surface area (Å²) in [5.41, 5.74) is 0.434. The average molecular weight is 251 g/mol. The smallest absolute Gasteiger partial charge is 0.221 e. The van der Waals surface area contributed by atoms with Crippen LogP contribution in [0, 0.1) is 0 Å². The highest BCUT2D eigenvalue weighted by molar-refractivity contribution is 5.90. The molecule has 1 atom stereocenters. The van der Waals surface area contributed by atoms with Crippen LogP contribution >= 0.6 is 0 Å². The van der Waals surface area contributed by atoms with E-state index in [0.29, 0.717) is 30.4 Å². The molecule has 0 aliphatic carbocycles. The van der Waals surface area contributed by atoms with Crippen molar-refractivity contribution in [1.82, 2.24) is 0 Å². The van der Waals surface area contributed by atoms with Crippen LogP contribution in [-0.2, 0) is 9.53 Å². The molecule has 0 aromatic heterocycles. The lowest BCUT2D eigenvalue weighted by Gasteiger charge is -2.14. The lowest BCUT2D eigenvalue weighted by Crippen LogP contribution is -2.18. The van der Waals surface area contributed by atoms with E-state index in [-0.39, 0.29) is 11.5 Å². The minimum atomic E-state index is -0.198. The molecule has 0 bridgehead atoms. The number of methoxy groups -OCH3 is 1. The number of epoxide rings is 1. The molecule has 1 amide bonds. The number of hydrogen-bond donors (Lipinski definition) is 1. The van der Waals surface area contributed by atoms with Gasteiger partial charge in [-0.25, -0.2) is 0 Å². The van der Waals surface area contributed by atoms with Crippen LogP contribution in [0.1, 0.15) is 13.8 Å². The number of benzene rings is 1. The zero-order valence-corrected chi connectivity index (χ0v) is 10.8. The molecular formula is C13H17NO4. The van der Waals surface area contributed by atoms with E-state index in [0.717, 1.165) is 0 Å². The minimum Gasteiger partial charge on any atom is -0.497 e. The van der Waals surface area contributed by atoms with Crippen LogP contribution in [0.4, 0.5) is 5.69 Å². The normalized spacial score (nSPS) is 21.3. The Morgan fingerprint density at radius 3 is 2.83 bits per heavy atom. The van der Waals surface area contributed by atoms with Gasteiger partial charge in [-0.15, -0.1) is 0 Å². The van der Waals surface area contributed by atoms with Gasteiger partial charge in [0, 0.05) is 13.0 Å². The molecule has 98 valence electrons. The molecule has 1 aliphatic rings. The molecule has 18 heavy (non-hydrogen) atoms. The standard InChI is InChI=1S/C13H17NO4/c1-9(15)14-11-5-4-10(16-3)6-12(11)17-7-13(2)8-18-13/h4-6H,7-8H2,1-3H3,(H,14,15)/t13-/m0/s1. The Balaban J connectivity index is 2.14. The molecule has 1 heterocycles. The van der Waals surface area contributed by atoms with Crippen molar-refractivity contribution in [2.45, 2.75) is 19.4 Å². The summed E-state index contributed by atoms with van der Waals surface area (Å²) in [4.78, 5) is 11.1. The van der Waals surface area contributed by atoms with Crippen LogP contribution in [-0.4, -0.2) is 31.8 Å². The second-order valence-corrected chi connectivity index (χ2v) is 4.57. The highest BCUT2D eigenvalue weighted by Crippen LogP contribution is 2.32. The fourth-order valence-corrected chi connectivity index (χ4v) is 1.48. The first-order valence-electron chi connectivity index (χ1n) is 5.75. The number of rotatable bonds is 5. The summed E-state index contributed by atoms with van der Waals surface area (Å²) in [6.45, 7) is 4.59. The fourth-order valence-electron chi connectivity index (χ4n) is 1.48. The van der Waals surface area contributed by atoms with E-state index < -0.39 is 0 Å². The molecule has 1 aliphatic heterocycles. The van der Waals surface area contributed by atoms with E-state index >= 15 is 0 Å². The molecule has 0 saturated carbocycles. The van der Waals surface area contributed by atoms with Gasteiger partial charge in [-0.05, 0) is 19.1 Å². The predicted molar refractivity (Wildman–Crippen MR) is 67.1 cm³/mol. The highest BCUT2D eigenvalue weighted by atomic mass is 16.6. The zero-order chi connectivity index (χ0) is 13.2. The number of hydrogen-bond acceptors (Lipinski definition) is 4. The number of ether oxygens (including phenoxy) is 3. The van der Waals surface area contributed by atoms with Crippen LogP contribution in [0.15, 0.2) is 18.2 Å². The van der Waals surface area contributed by atoms with Crippen molar-refractivity contribution in [3.05, 3.63) is 18.2 Å². The molecular weight excluding hydrogens is 234 g/mol. The maximum atomic E-state index is 11.1. The Labute approximate surface area is 106 Å². The Morgan fingerprint density at radius 1 is 1.56 bits per heavy atom. The van der Waals surface area contributed by atoms with Crippen molar-refractivity contribution in [3.63, 3.8) is 0 Å². The van der Waals surface area contributed by atoms with E-state index in [9.17, 15) is 4.79 Å². The molecule has 0 unspecified atom stereocenters. The third-order valence-corrected chi connectivity index (χ3v) is 2.67. The maximum Gasteiger partial charge on any atom is 0.221 e. The third kappa shape index (κ3) is 3.13. The minimum absolute atomic E-state index is 0.140. The second kappa shape index (κ2) is 4.86. The third-order valence-electron chi connectivity index (χ3n) is 2.67. The van der Waals surface area contributed by atoms with Crippen LogP contribution in [0.5, 0.6) is 11.5 Å². The lowest BCUT2D eigenvalue weighted by atomic mass is 10.2. The number of anilines is 1. The van der Waals surface area contributed by atoms with Gasteiger partial charge in [0.25, 0.3) is 0 Å². The molecule has 1 aromatic rings. The monoisotopic (exact) mass is 251 g/mol. The first-order valence-corrected chi connectivity index (χ1v) is 5.75. The summed E-state index contributed by atoms with van der Waals surface area (Å²) in [6, 6.07) is 5.27. The first kappa shape index (κ1) is 12.7. The first-order chi connectivity index (χ1) is 8.52. The Kier molecular flexibility index (Phi) is 3.43. The number of amides is 1. The molecule has 1 fully saturated rings. The van der Waals surface area contributed by atoms with Gasteiger partial charge in [0.2, 0.25) is 5.91 Å². The number of nitrogens with one attached hydrogen (secondary N) is 1. The van der Waals surface area contributed by atoms with Gasteiger partial charge in [-0.3, -0.25) is 4.79 Å². The van der Waals surface area contributed by atoms with Crippen molar-refractivity contribution in [1.29, 1.82) is 0 Å². The van der Waals surface area contributed by atoms with Gasteiger partial charge in [0.05, 0.1) is 19.4 Å². The number of carbonyl (C=O) groups is 1. The molecule has 5 nitrogen and oxygen atoms in total. The molecule has 0 radical (unpaired) electrons. The highest BCUT2D eigenvalue weighted by Gasteiger charge is 2.40. The summed E-state index contributed by atoms with van der Waals surface area (Å²) in [6.07, 6.45) is 0. The van der Waals surface area contributed by atoms with Gasteiger partial charge in [-0.1, -0.05) is 0 Å². The van der Waals surface area contributed by atoms with Crippen LogP contribution < -0.4 is 14.8 Å². The van der Waals surface area contributed by atoms with E-state index in [1.165, 1.54) is 6.92 Å². The average Bonchev–Trinajstić information content (AvgIpc) is 3.06. The predicted octanol–water partition coefficient (Wildman–Crippen LogP) is 1.82. The molecule has 1 saturated heterocycles. The summed E-state index contributed by atoms with van der Waals surface area (Å²) in [7, 11) is 1.59. The van der Waals surface area contributed by atoms with Gasteiger partial charge in [-0.2, -0.15) is 0 Å². The molecule has 1 N–H and O–H groups in total. The van der Waals surface area contributed by atoms with Crippen molar-refractivity contribution in [2.24, 2.45) is 0 Å². The Hall–Kier alpha value is -1.75. The zero-order valence-electron chi connectivity index (χ0n) is 10.8. The molecule has 0 spiro atoms. The largest absolute Gasteiger partial charge is 0.497 e. The van der Waals surface area contributed by atoms with Gasteiger partial charge < -0.3 is 19.5 Å². The molecule has 5 heteroatoms. The van der Waals surface area contributed by atoms with Crippen molar-refractivity contribution >= 4 is 11.6 Å². The molecule has 2 rings (SSSR count). The van der Waals surface area contributed by atoms with E-state index in [1.807, 2.05) is 6.92 Å². The van der Waals surface area contributed by atoms with Crippen molar-refractivity contribution in [3.8, 4) is 11.5 Å². The summed E-state index contributed by atoms with van der Waals surface area (Å²) < 4.78 is 16.1. The summed E-state index contributed by atoms with van der Waals surface area (Å²) in [5, 5.41) is 2.72. The molecule has 1 aromatic carbocycles. The lowest BCUT2D eigenvalue weighted by molar-refractivity contribution is -0.114.